The highest BCUT2D eigenvalue weighted by Crippen LogP contribution is 2.22. The lowest BCUT2D eigenvalue weighted by molar-refractivity contribution is 0.169. The van der Waals surface area contributed by atoms with Crippen LogP contribution in [0.1, 0.15) is 18.1 Å². The fourth-order valence-corrected chi connectivity index (χ4v) is 1.21. The van der Waals surface area contributed by atoms with Crippen molar-refractivity contribution in [3.05, 3.63) is 29.6 Å². The second-order valence-corrected chi connectivity index (χ2v) is 2.99. The zero-order chi connectivity index (χ0) is 10.6. The second-order valence-electron chi connectivity index (χ2n) is 2.99. The SMILES string of the molecule is COc1ccc(C(O)CCN)cc1F. The van der Waals surface area contributed by atoms with Gasteiger partial charge in [-0.25, -0.2) is 4.39 Å². The van der Waals surface area contributed by atoms with Crippen LogP contribution in [0.2, 0.25) is 0 Å². The van der Waals surface area contributed by atoms with Crippen LogP contribution in [-0.4, -0.2) is 18.8 Å². The zero-order valence-electron chi connectivity index (χ0n) is 8.03. The summed E-state index contributed by atoms with van der Waals surface area (Å²) in [5.74, 6) is -0.297. The highest BCUT2D eigenvalue weighted by Gasteiger charge is 2.09. The van der Waals surface area contributed by atoms with Crippen LogP contribution in [0.25, 0.3) is 0 Å². The Balaban J connectivity index is 2.85. The normalized spacial score (nSPS) is 12.6. The number of rotatable bonds is 4. The summed E-state index contributed by atoms with van der Waals surface area (Å²) in [6.45, 7) is 0.370. The van der Waals surface area contributed by atoms with Crippen molar-refractivity contribution in [2.24, 2.45) is 5.73 Å². The van der Waals surface area contributed by atoms with E-state index in [9.17, 15) is 9.50 Å². The van der Waals surface area contributed by atoms with E-state index < -0.39 is 11.9 Å². The minimum absolute atomic E-state index is 0.175. The van der Waals surface area contributed by atoms with E-state index in [1.165, 1.54) is 19.2 Å². The molecular formula is C10H14FNO2. The molecule has 0 heterocycles. The van der Waals surface area contributed by atoms with Gasteiger partial charge < -0.3 is 15.6 Å². The van der Waals surface area contributed by atoms with Gasteiger partial charge in [0, 0.05) is 0 Å². The third-order valence-corrected chi connectivity index (χ3v) is 2.00. The number of aliphatic hydroxyl groups excluding tert-OH is 1. The van der Waals surface area contributed by atoms with E-state index in [0.29, 0.717) is 18.5 Å². The Morgan fingerprint density at radius 3 is 2.79 bits per heavy atom. The topological polar surface area (TPSA) is 55.5 Å². The maximum atomic E-state index is 13.2. The minimum atomic E-state index is -0.708. The fourth-order valence-electron chi connectivity index (χ4n) is 1.21. The molecule has 1 aromatic carbocycles. The summed E-state index contributed by atoms with van der Waals surface area (Å²) in [6, 6.07) is 4.38. The first-order valence-electron chi connectivity index (χ1n) is 4.40. The molecule has 1 atom stereocenters. The molecule has 1 unspecified atom stereocenters. The lowest BCUT2D eigenvalue weighted by Crippen LogP contribution is -2.07. The Bertz CT molecular complexity index is 304. The van der Waals surface area contributed by atoms with Crippen LogP contribution in [0.15, 0.2) is 18.2 Å². The molecule has 3 N–H and O–H groups in total. The largest absolute Gasteiger partial charge is 0.494 e. The third kappa shape index (κ3) is 2.43. The number of aliphatic hydroxyl groups is 1. The highest BCUT2D eigenvalue weighted by atomic mass is 19.1. The number of hydrogen-bond acceptors (Lipinski definition) is 3. The molecule has 0 aliphatic carbocycles. The van der Waals surface area contributed by atoms with Crippen LogP contribution in [-0.2, 0) is 0 Å². The Morgan fingerprint density at radius 2 is 2.29 bits per heavy atom. The van der Waals surface area contributed by atoms with E-state index in [-0.39, 0.29) is 5.75 Å². The van der Waals surface area contributed by atoms with Crippen molar-refractivity contribution in [1.29, 1.82) is 0 Å². The maximum absolute atomic E-state index is 13.2. The standard InChI is InChI=1S/C10H14FNO2/c1-14-10-3-2-7(6-8(10)11)9(13)4-5-12/h2-3,6,9,13H,4-5,12H2,1H3. The van der Waals surface area contributed by atoms with Crippen molar-refractivity contribution in [1.82, 2.24) is 0 Å². The van der Waals surface area contributed by atoms with Crippen LogP contribution in [0, 0.1) is 5.82 Å². The molecule has 4 heteroatoms. The third-order valence-electron chi connectivity index (χ3n) is 2.00. The van der Waals surface area contributed by atoms with Crippen LogP contribution in [0.4, 0.5) is 4.39 Å². The smallest absolute Gasteiger partial charge is 0.165 e. The average molecular weight is 199 g/mol. The predicted octanol–water partition coefficient (Wildman–Crippen LogP) is 1.22. The quantitative estimate of drug-likeness (QED) is 0.766. The summed E-state index contributed by atoms with van der Waals surface area (Å²) in [6.07, 6.45) is -0.286. The van der Waals surface area contributed by atoms with Gasteiger partial charge in [0.15, 0.2) is 11.6 Å². The van der Waals surface area contributed by atoms with Crippen molar-refractivity contribution in [3.63, 3.8) is 0 Å². The summed E-state index contributed by atoms with van der Waals surface area (Å²) in [5, 5.41) is 9.52. The van der Waals surface area contributed by atoms with E-state index in [2.05, 4.69) is 0 Å². The van der Waals surface area contributed by atoms with Crippen LogP contribution in [0.3, 0.4) is 0 Å². The highest BCUT2D eigenvalue weighted by molar-refractivity contribution is 5.30. The van der Waals surface area contributed by atoms with Crippen LogP contribution in [0.5, 0.6) is 5.75 Å². The van der Waals surface area contributed by atoms with E-state index in [4.69, 9.17) is 10.5 Å². The lowest BCUT2D eigenvalue weighted by atomic mass is 10.1. The van der Waals surface area contributed by atoms with Gasteiger partial charge in [-0.2, -0.15) is 0 Å². The molecule has 0 radical (unpaired) electrons. The van der Waals surface area contributed by atoms with Crippen LogP contribution >= 0.6 is 0 Å². The zero-order valence-corrected chi connectivity index (χ0v) is 8.03. The molecule has 14 heavy (non-hydrogen) atoms. The first-order chi connectivity index (χ1) is 6.69. The molecule has 0 saturated carbocycles. The molecule has 1 rings (SSSR count). The molecule has 0 saturated heterocycles. The fraction of sp³-hybridized carbons (Fsp3) is 0.400. The Kier molecular flexibility index (Phi) is 3.85. The summed E-state index contributed by atoms with van der Waals surface area (Å²) in [7, 11) is 1.40. The van der Waals surface area contributed by atoms with Crippen molar-refractivity contribution >= 4 is 0 Å². The number of hydrogen-bond donors (Lipinski definition) is 2. The summed E-state index contributed by atoms with van der Waals surface area (Å²) in [5.41, 5.74) is 5.80. The molecule has 0 amide bonds. The van der Waals surface area contributed by atoms with Crippen molar-refractivity contribution in [3.8, 4) is 5.75 Å². The molecule has 0 spiro atoms. The number of ether oxygens (including phenoxy) is 1. The van der Waals surface area contributed by atoms with E-state index >= 15 is 0 Å². The summed E-state index contributed by atoms with van der Waals surface area (Å²) in [4.78, 5) is 0. The average Bonchev–Trinajstić information content (AvgIpc) is 2.18. The van der Waals surface area contributed by atoms with Gasteiger partial charge in [0.05, 0.1) is 13.2 Å². The molecule has 0 aliphatic heterocycles. The first-order valence-corrected chi connectivity index (χ1v) is 4.40. The minimum Gasteiger partial charge on any atom is -0.494 e. The van der Waals surface area contributed by atoms with Gasteiger partial charge in [0.2, 0.25) is 0 Å². The number of halogens is 1. The summed E-state index contributed by atoms with van der Waals surface area (Å²) < 4.78 is 17.9. The number of methoxy groups -OCH3 is 1. The monoisotopic (exact) mass is 199 g/mol. The Labute approximate surface area is 82.3 Å². The van der Waals surface area contributed by atoms with E-state index in [1.807, 2.05) is 0 Å². The maximum Gasteiger partial charge on any atom is 0.165 e. The molecule has 0 bridgehead atoms. The van der Waals surface area contributed by atoms with Gasteiger partial charge in [-0.05, 0) is 30.7 Å². The van der Waals surface area contributed by atoms with Gasteiger partial charge >= 0.3 is 0 Å². The van der Waals surface area contributed by atoms with Gasteiger partial charge in [-0.3, -0.25) is 0 Å². The molecule has 0 fully saturated rings. The molecular weight excluding hydrogens is 185 g/mol. The molecule has 3 nitrogen and oxygen atoms in total. The van der Waals surface area contributed by atoms with Gasteiger partial charge in [-0.15, -0.1) is 0 Å². The molecule has 1 aromatic rings. The van der Waals surface area contributed by atoms with Crippen LogP contribution < -0.4 is 10.5 Å². The first kappa shape index (κ1) is 10.9. The lowest BCUT2D eigenvalue weighted by Gasteiger charge is -2.10. The van der Waals surface area contributed by atoms with Gasteiger partial charge in [0.25, 0.3) is 0 Å². The van der Waals surface area contributed by atoms with E-state index in [0.717, 1.165) is 0 Å². The molecule has 0 aromatic heterocycles. The van der Waals surface area contributed by atoms with Gasteiger partial charge in [-0.1, -0.05) is 6.07 Å². The number of nitrogens with two attached hydrogens (primary N) is 1. The predicted molar refractivity (Wildman–Crippen MR) is 51.6 cm³/mol. The molecule has 78 valence electrons. The second kappa shape index (κ2) is 4.93. The number of benzene rings is 1. The van der Waals surface area contributed by atoms with Crippen molar-refractivity contribution in [2.45, 2.75) is 12.5 Å². The van der Waals surface area contributed by atoms with Gasteiger partial charge in [0.1, 0.15) is 0 Å². The van der Waals surface area contributed by atoms with Crippen molar-refractivity contribution in [2.75, 3.05) is 13.7 Å². The Morgan fingerprint density at radius 1 is 1.57 bits per heavy atom. The van der Waals surface area contributed by atoms with Crippen molar-refractivity contribution < 1.29 is 14.2 Å². The summed E-state index contributed by atoms with van der Waals surface area (Å²) >= 11 is 0. The van der Waals surface area contributed by atoms with E-state index in [1.54, 1.807) is 6.07 Å². The Hall–Kier alpha value is -1.13. The molecule has 0 aliphatic rings.